The lowest BCUT2D eigenvalue weighted by atomic mass is 10.4. The van der Waals surface area contributed by atoms with Crippen molar-refractivity contribution in [3.63, 3.8) is 0 Å². The van der Waals surface area contributed by atoms with Gasteiger partial charge in [-0.2, -0.15) is 0 Å². The first-order valence-corrected chi connectivity index (χ1v) is 9.85. The number of benzene rings is 1. The summed E-state index contributed by atoms with van der Waals surface area (Å²) in [4.78, 5) is 0. The largest absolute Gasteiger partial charge is 0.384 e. The fourth-order valence-corrected chi connectivity index (χ4v) is 4.54. The van der Waals surface area contributed by atoms with Gasteiger partial charge in [-0.15, -0.1) is 0 Å². The molecule has 0 saturated heterocycles. The predicted molar refractivity (Wildman–Crippen MR) is 79.9 cm³/mol. The average molecular weight is 266 g/mol. The Balaban J connectivity index is 2.67. The Morgan fingerprint density at radius 2 is 1.39 bits per heavy atom. The van der Waals surface area contributed by atoms with Crippen LogP contribution in [0.3, 0.4) is 0 Å². The summed E-state index contributed by atoms with van der Waals surface area (Å²) in [5.74, 6) is 0. The van der Waals surface area contributed by atoms with Gasteiger partial charge in [-0.25, -0.2) is 0 Å². The Bertz CT molecular complexity index is 304. The fourth-order valence-electron chi connectivity index (χ4n) is 1.93. The van der Waals surface area contributed by atoms with Gasteiger partial charge in [0.1, 0.15) is 8.07 Å². The first-order valence-electron chi connectivity index (χ1n) is 6.94. The van der Waals surface area contributed by atoms with Crippen LogP contribution in [0.15, 0.2) is 30.3 Å². The molecule has 0 radical (unpaired) electrons. The van der Waals surface area contributed by atoms with E-state index in [-0.39, 0.29) is 0 Å². The standard InChI is InChI=1S/C15H26O2Si/c1-4-11-16-13-18(3,14-17-12-5-2)15-9-7-6-8-10-15/h6-10H,4-5,11-14H2,1-3H3. The summed E-state index contributed by atoms with van der Waals surface area (Å²) >= 11 is 0. The van der Waals surface area contributed by atoms with Crippen molar-refractivity contribution in [3.05, 3.63) is 30.3 Å². The summed E-state index contributed by atoms with van der Waals surface area (Å²) in [6.45, 7) is 8.35. The molecule has 1 aromatic rings. The summed E-state index contributed by atoms with van der Waals surface area (Å²) in [5, 5.41) is 1.43. The highest BCUT2D eigenvalue weighted by Gasteiger charge is 2.30. The molecule has 3 heteroatoms. The van der Waals surface area contributed by atoms with Gasteiger partial charge >= 0.3 is 0 Å². The molecule has 0 unspecified atom stereocenters. The smallest absolute Gasteiger partial charge is 0.140 e. The highest BCUT2D eigenvalue weighted by molar-refractivity contribution is 6.90. The monoisotopic (exact) mass is 266 g/mol. The molecule has 102 valence electrons. The van der Waals surface area contributed by atoms with Gasteiger partial charge in [0.25, 0.3) is 0 Å². The summed E-state index contributed by atoms with van der Waals surface area (Å²) in [6.07, 6.45) is 3.87. The second-order valence-corrected chi connectivity index (χ2v) is 9.31. The van der Waals surface area contributed by atoms with Gasteiger partial charge in [0.2, 0.25) is 0 Å². The van der Waals surface area contributed by atoms with Gasteiger partial charge in [0.15, 0.2) is 0 Å². The lowest BCUT2D eigenvalue weighted by Crippen LogP contribution is -2.54. The maximum absolute atomic E-state index is 5.81. The zero-order chi connectivity index (χ0) is 13.3. The van der Waals surface area contributed by atoms with E-state index in [0.717, 1.165) is 38.5 Å². The Kier molecular flexibility index (Phi) is 7.24. The van der Waals surface area contributed by atoms with Crippen LogP contribution >= 0.6 is 0 Å². The quantitative estimate of drug-likeness (QED) is 0.505. The molecule has 1 aromatic carbocycles. The first kappa shape index (κ1) is 15.4. The molecular formula is C15H26O2Si. The predicted octanol–water partition coefficient (Wildman–Crippen LogP) is 2.90. The molecule has 2 nitrogen and oxygen atoms in total. The molecular weight excluding hydrogens is 240 g/mol. The van der Waals surface area contributed by atoms with Crippen LogP contribution in [0, 0.1) is 0 Å². The van der Waals surface area contributed by atoms with Gasteiger partial charge in [-0.05, 0) is 12.8 Å². The van der Waals surface area contributed by atoms with Crippen molar-refractivity contribution in [2.75, 3.05) is 25.7 Å². The second-order valence-electron chi connectivity index (χ2n) is 5.03. The number of hydrogen-bond donors (Lipinski definition) is 0. The van der Waals surface area contributed by atoms with Crippen molar-refractivity contribution in [3.8, 4) is 0 Å². The number of hydrogen-bond acceptors (Lipinski definition) is 2. The molecule has 0 atom stereocenters. The van der Waals surface area contributed by atoms with Crippen LogP contribution in [0.5, 0.6) is 0 Å². The highest BCUT2D eigenvalue weighted by atomic mass is 28.3. The number of ether oxygens (including phenoxy) is 2. The Labute approximate surface area is 112 Å². The summed E-state index contributed by atoms with van der Waals surface area (Å²) in [6, 6.07) is 10.7. The van der Waals surface area contributed by atoms with E-state index in [1.807, 2.05) is 0 Å². The van der Waals surface area contributed by atoms with E-state index < -0.39 is 8.07 Å². The van der Waals surface area contributed by atoms with E-state index in [4.69, 9.17) is 9.47 Å². The van der Waals surface area contributed by atoms with Crippen LogP contribution in [0.4, 0.5) is 0 Å². The minimum absolute atomic E-state index is 0.850. The van der Waals surface area contributed by atoms with E-state index in [9.17, 15) is 0 Å². The minimum Gasteiger partial charge on any atom is -0.384 e. The zero-order valence-corrected chi connectivity index (χ0v) is 12.9. The van der Waals surface area contributed by atoms with Gasteiger partial charge < -0.3 is 9.47 Å². The molecule has 0 spiro atoms. The minimum atomic E-state index is -1.64. The molecule has 0 aliphatic carbocycles. The van der Waals surface area contributed by atoms with Crippen LogP contribution in [0.2, 0.25) is 6.55 Å². The first-order chi connectivity index (χ1) is 8.73. The molecule has 0 saturated carbocycles. The topological polar surface area (TPSA) is 18.5 Å². The third-order valence-electron chi connectivity index (χ3n) is 3.01. The van der Waals surface area contributed by atoms with Crippen molar-refractivity contribution in [2.45, 2.75) is 33.2 Å². The number of rotatable bonds is 9. The van der Waals surface area contributed by atoms with E-state index >= 15 is 0 Å². The molecule has 0 aliphatic heterocycles. The van der Waals surface area contributed by atoms with Crippen molar-refractivity contribution in [1.29, 1.82) is 0 Å². The molecule has 18 heavy (non-hydrogen) atoms. The van der Waals surface area contributed by atoms with Crippen LogP contribution in [-0.2, 0) is 9.47 Å². The van der Waals surface area contributed by atoms with Crippen LogP contribution in [0.1, 0.15) is 26.7 Å². The van der Waals surface area contributed by atoms with Crippen LogP contribution in [-0.4, -0.2) is 33.7 Å². The lowest BCUT2D eigenvalue weighted by Gasteiger charge is -2.27. The van der Waals surface area contributed by atoms with Crippen LogP contribution < -0.4 is 5.19 Å². The third kappa shape index (κ3) is 4.92. The summed E-state index contributed by atoms with van der Waals surface area (Å²) in [5.41, 5.74) is 0. The van der Waals surface area contributed by atoms with E-state index in [1.54, 1.807) is 0 Å². The molecule has 1 rings (SSSR count). The molecule has 0 aromatic heterocycles. The highest BCUT2D eigenvalue weighted by Crippen LogP contribution is 2.06. The third-order valence-corrected chi connectivity index (χ3v) is 6.42. The van der Waals surface area contributed by atoms with Crippen molar-refractivity contribution >= 4 is 13.3 Å². The Hall–Kier alpha value is -0.643. The normalized spacial score (nSPS) is 11.7. The maximum atomic E-state index is 5.81. The van der Waals surface area contributed by atoms with Gasteiger partial charge in [0.05, 0.1) is 0 Å². The Morgan fingerprint density at radius 3 is 1.83 bits per heavy atom. The maximum Gasteiger partial charge on any atom is 0.140 e. The summed E-state index contributed by atoms with van der Waals surface area (Å²) < 4.78 is 11.6. The van der Waals surface area contributed by atoms with E-state index in [0.29, 0.717) is 0 Å². The lowest BCUT2D eigenvalue weighted by molar-refractivity contribution is 0.151. The van der Waals surface area contributed by atoms with Crippen molar-refractivity contribution in [2.24, 2.45) is 0 Å². The Morgan fingerprint density at radius 1 is 0.889 bits per heavy atom. The van der Waals surface area contributed by atoms with Gasteiger partial charge in [-0.3, -0.25) is 0 Å². The molecule has 0 bridgehead atoms. The fraction of sp³-hybridized carbons (Fsp3) is 0.600. The SMILES string of the molecule is CCCOC[Si](C)(COCCC)c1ccccc1. The molecule has 0 amide bonds. The van der Waals surface area contributed by atoms with Gasteiger partial charge in [-0.1, -0.05) is 55.9 Å². The molecule has 0 aliphatic rings. The molecule has 0 heterocycles. The summed E-state index contributed by atoms with van der Waals surface area (Å²) in [7, 11) is -1.64. The van der Waals surface area contributed by atoms with Gasteiger partial charge in [0, 0.05) is 25.7 Å². The van der Waals surface area contributed by atoms with E-state index in [1.165, 1.54) is 5.19 Å². The zero-order valence-electron chi connectivity index (χ0n) is 11.9. The van der Waals surface area contributed by atoms with Crippen LogP contribution in [0.25, 0.3) is 0 Å². The second kappa shape index (κ2) is 8.46. The molecule has 0 N–H and O–H groups in total. The van der Waals surface area contributed by atoms with Crippen molar-refractivity contribution < 1.29 is 9.47 Å². The van der Waals surface area contributed by atoms with Crippen molar-refractivity contribution in [1.82, 2.24) is 0 Å². The molecule has 0 fully saturated rings. The average Bonchev–Trinajstić information content (AvgIpc) is 2.40. The van der Waals surface area contributed by atoms with E-state index in [2.05, 4.69) is 50.7 Å².